The molecule has 0 bridgehead atoms. The molecule has 0 fully saturated rings. The first-order valence-electron chi connectivity index (χ1n) is 10.7. The van der Waals surface area contributed by atoms with E-state index < -0.39 is 10.8 Å². The van der Waals surface area contributed by atoms with Crippen molar-refractivity contribution < 1.29 is 18.5 Å². The number of benzene rings is 1. The number of para-hydroxylation sites is 1. The van der Waals surface area contributed by atoms with E-state index in [1.165, 1.54) is 11.1 Å². The van der Waals surface area contributed by atoms with E-state index in [2.05, 4.69) is 10.1 Å². The number of amides is 1. The van der Waals surface area contributed by atoms with Gasteiger partial charge in [0.25, 0.3) is 0 Å². The molecule has 9 nitrogen and oxygen atoms in total. The summed E-state index contributed by atoms with van der Waals surface area (Å²) in [6.45, 7) is 1.84. The van der Waals surface area contributed by atoms with Crippen molar-refractivity contribution in [2.45, 2.75) is 18.4 Å². The van der Waals surface area contributed by atoms with E-state index >= 15 is 0 Å². The van der Waals surface area contributed by atoms with Gasteiger partial charge in [-0.05, 0) is 25.1 Å². The summed E-state index contributed by atoms with van der Waals surface area (Å²) in [4.78, 5) is 18.3. The van der Waals surface area contributed by atoms with Gasteiger partial charge < -0.3 is 14.8 Å². The van der Waals surface area contributed by atoms with Crippen molar-refractivity contribution in [3.63, 3.8) is 0 Å². The van der Waals surface area contributed by atoms with E-state index in [-0.39, 0.29) is 28.2 Å². The summed E-state index contributed by atoms with van der Waals surface area (Å²) in [6.07, 6.45) is 4.07. The number of aryl methyl sites for hydroxylation is 2. The Kier molecular flexibility index (Phi) is 7.04. The Hall–Kier alpha value is -3.50. The minimum absolute atomic E-state index is 0.0628. The van der Waals surface area contributed by atoms with Gasteiger partial charge >= 0.3 is 0 Å². The number of pyridine rings is 2. The fourth-order valence-corrected chi connectivity index (χ4v) is 5.27. The van der Waals surface area contributed by atoms with E-state index in [1.54, 1.807) is 31.0 Å². The second-order valence-corrected chi connectivity index (χ2v) is 10.0. The average molecular weight is 514 g/mol. The highest BCUT2D eigenvalue weighted by Gasteiger charge is 2.22. The summed E-state index contributed by atoms with van der Waals surface area (Å²) < 4.78 is 21.3. The Morgan fingerprint density at radius 1 is 1.29 bits per heavy atom. The van der Waals surface area contributed by atoms with Gasteiger partial charge in [0.2, 0.25) is 5.91 Å². The lowest BCUT2D eigenvalue weighted by molar-refractivity contribution is -0.607. The van der Waals surface area contributed by atoms with Crippen LogP contribution in [0.3, 0.4) is 0 Å². The van der Waals surface area contributed by atoms with Gasteiger partial charge in [-0.2, -0.15) is 9.83 Å². The third-order valence-electron chi connectivity index (χ3n) is 5.47. The molecule has 1 unspecified atom stereocenters. The van der Waals surface area contributed by atoms with Crippen LogP contribution in [-0.4, -0.2) is 49.6 Å². The number of hydrogen-bond donors (Lipinski definition) is 0. The van der Waals surface area contributed by atoms with Crippen LogP contribution in [-0.2, 0) is 29.2 Å². The average Bonchev–Trinajstić information content (AvgIpc) is 3.23. The quantitative estimate of drug-likeness (QED) is 0.278. The van der Waals surface area contributed by atoms with Crippen molar-refractivity contribution in [3.8, 4) is 17.0 Å². The number of ether oxygens (including phenoxy) is 1. The number of nitrogens with zero attached hydrogens (tertiary/aromatic N) is 5. The van der Waals surface area contributed by atoms with Gasteiger partial charge in [-0.1, -0.05) is 23.7 Å². The van der Waals surface area contributed by atoms with Crippen LogP contribution in [0.25, 0.3) is 22.2 Å². The van der Waals surface area contributed by atoms with E-state index in [1.807, 2.05) is 38.2 Å². The minimum atomic E-state index is -1.78. The fraction of sp³-hybridized carbons (Fsp3) is 0.250. The van der Waals surface area contributed by atoms with E-state index in [9.17, 15) is 14.2 Å². The van der Waals surface area contributed by atoms with Crippen LogP contribution in [0.2, 0.25) is 5.02 Å². The largest absolute Gasteiger partial charge is 0.619 e. The summed E-state index contributed by atoms with van der Waals surface area (Å²) in [6, 6.07) is 9.54. The number of carbonyl (C=O) groups excluding carboxylic acids is 1. The first-order chi connectivity index (χ1) is 16.7. The van der Waals surface area contributed by atoms with Crippen molar-refractivity contribution in [1.29, 1.82) is 0 Å². The number of aromatic nitrogens is 4. The Morgan fingerprint density at radius 3 is 2.74 bits per heavy atom. The Bertz CT molecular complexity index is 1450. The number of rotatable bonds is 7. The van der Waals surface area contributed by atoms with Gasteiger partial charge in [-0.15, -0.1) is 0 Å². The zero-order chi connectivity index (χ0) is 25.3. The van der Waals surface area contributed by atoms with E-state index in [0.29, 0.717) is 21.6 Å². The minimum Gasteiger partial charge on any atom is -0.619 e. The molecule has 11 heteroatoms. The highest BCUT2D eigenvalue weighted by atomic mass is 35.5. The first-order valence-corrected chi connectivity index (χ1v) is 12.4. The lowest BCUT2D eigenvalue weighted by atomic mass is 10.0. The molecule has 182 valence electrons. The lowest BCUT2D eigenvalue weighted by Gasteiger charge is -2.15. The normalized spacial score (nSPS) is 12.0. The molecule has 0 saturated carbocycles. The van der Waals surface area contributed by atoms with Crippen LogP contribution in [0.5, 0.6) is 5.75 Å². The predicted molar refractivity (Wildman–Crippen MR) is 133 cm³/mol. The molecule has 4 rings (SSSR count). The lowest BCUT2D eigenvalue weighted by Crippen LogP contribution is -2.30. The standard InChI is InChI=1S/C24H24ClN5O4S/c1-15-10-17(20-8-9-26-29(20)4)16-6-5-7-21(24(16)27-15)34-13-18-19(25)11-30(32)12-22(18)35(33)14-23(31)28(2)3/h5-12H,13-14H2,1-4H3. The molecular weight excluding hydrogens is 490 g/mol. The molecule has 35 heavy (non-hydrogen) atoms. The van der Waals surface area contributed by atoms with Crippen LogP contribution in [0.4, 0.5) is 0 Å². The molecule has 0 saturated heterocycles. The number of hydrogen-bond acceptors (Lipinski definition) is 6. The van der Waals surface area contributed by atoms with Crippen LogP contribution >= 0.6 is 11.6 Å². The molecule has 1 amide bonds. The van der Waals surface area contributed by atoms with Crippen molar-refractivity contribution >= 4 is 39.2 Å². The van der Waals surface area contributed by atoms with Crippen molar-refractivity contribution in [3.05, 3.63) is 70.4 Å². The molecule has 0 N–H and O–H groups in total. The van der Waals surface area contributed by atoms with Crippen LogP contribution in [0.15, 0.2) is 53.8 Å². The van der Waals surface area contributed by atoms with Crippen LogP contribution in [0, 0.1) is 12.1 Å². The number of halogens is 1. The molecule has 0 spiro atoms. The van der Waals surface area contributed by atoms with Crippen molar-refractivity contribution in [1.82, 2.24) is 19.7 Å². The molecule has 0 aliphatic heterocycles. The predicted octanol–water partition coefficient (Wildman–Crippen LogP) is 3.01. The number of fused-ring (bicyclic) bond motifs is 1. The monoisotopic (exact) mass is 513 g/mol. The molecular formula is C24H24ClN5O4S. The zero-order valence-corrected chi connectivity index (χ0v) is 21.3. The maximum absolute atomic E-state index is 12.9. The van der Waals surface area contributed by atoms with Crippen molar-refractivity contribution in [2.75, 3.05) is 19.8 Å². The molecule has 4 aromatic rings. The highest BCUT2D eigenvalue weighted by molar-refractivity contribution is 7.85. The molecule has 1 aromatic carbocycles. The molecule has 0 aliphatic carbocycles. The van der Waals surface area contributed by atoms with Gasteiger partial charge in [0, 0.05) is 49.5 Å². The first kappa shape index (κ1) is 24.6. The Morgan fingerprint density at radius 2 is 2.06 bits per heavy atom. The second-order valence-electron chi connectivity index (χ2n) is 8.18. The van der Waals surface area contributed by atoms with Gasteiger partial charge in [0.05, 0.1) is 16.5 Å². The van der Waals surface area contributed by atoms with E-state index in [4.69, 9.17) is 16.3 Å². The smallest absolute Gasteiger partial charge is 0.235 e. The highest BCUT2D eigenvalue weighted by Crippen LogP contribution is 2.34. The van der Waals surface area contributed by atoms with Gasteiger partial charge in [0.15, 0.2) is 12.4 Å². The maximum Gasteiger partial charge on any atom is 0.235 e. The van der Waals surface area contributed by atoms with Gasteiger partial charge in [-0.3, -0.25) is 13.7 Å². The Balaban J connectivity index is 1.72. The molecule has 1 atom stereocenters. The molecule has 0 radical (unpaired) electrons. The van der Waals surface area contributed by atoms with Crippen molar-refractivity contribution in [2.24, 2.45) is 7.05 Å². The fourth-order valence-electron chi connectivity index (χ4n) is 3.66. The third-order valence-corrected chi connectivity index (χ3v) is 7.15. The SMILES string of the molecule is Cc1cc(-c2ccnn2C)c2cccc(OCc3c(Cl)c[n+]([O-])cc3S(=O)CC(=O)N(C)C)c2n1. The summed E-state index contributed by atoms with van der Waals surface area (Å²) in [5.74, 6) is -0.0987. The third kappa shape index (κ3) is 5.13. The Labute approximate surface area is 209 Å². The van der Waals surface area contributed by atoms with Crippen LogP contribution in [0.1, 0.15) is 11.3 Å². The summed E-state index contributed by atoms with van der Waals surface area (Å²) in [5, 5.41) is 17.2. The molecule has 3 aromatic heterocycles. The molecule has 3 heterocycles. The number of carbonyl (C=O) groups is 1. The summed E-state index contributed by atoms with van der Waals surface area (Å²) in [7, 11) is 3.24. The summed E-state index contributed by atoms with van der Waals surface area (Å²) in [5.41, 5.74) is 3.73. The second kappa shape index (κ2) is 10.0. The summed E-state index contributed by atoms with van der Waals surface area (Å²) >= 11 is 6.34. The van der Waals surface area contributed by atoms with E-state index in [0.717, 1.165) is 28.5 Å². The topological polar surface area (TPSA) is 104 Å². The van der Waals surface area contributed by atoms with Crippen LogP contribution < -0.4 is 9.47 Å². The van der Waals surface area contributed by atoms with Gasteiger partial charge in [0.1, 0.15) is 33.5 Å². The zero-order valence-electron chi connectivity index (χ0n) is 19.7. The van der Waals surface area contributed by atoms with Gasteiger partial charge in [-0.25, -0.2) is 4.98 Å². The maximum atomic E-state index is 12.9. The molecule has 0 aliphatic rings.